The monoisotopic (exact) mass is 324 g/mol. The van der Waals surface area contributed by atoms with Crippen LogP contribution in [0.15, 0.2) is 0 Å². The van der Waals surface area contributed by atoms with Crippen molar-refractivity contribution in [3.05, 3.63) is 0 Å². The van der Waals surface area contributed by atoms with E-state index in [0.29, 0.717) is 0 Å². The van der Waals surface area contributed by atoms with E-state index < -0.39 is 0 Å². The van der Waals surface area contributed by atoms with Gasteiger partial charge in [-0.05, 0) is 32.1 Å². The molecular weight excluding hydrogens is 296 g/mol. The molecule has 1 N–H and O–H groups in total. The molecule has 0 amide bonds. The summed E-state index contributed by atoms with van der Waals surface area (Å²) in [5.74, 6) is -0.341. The molecule has 5 rings (SSSR count). The van der Waals surface area contributed by atoms with Crippen molar-refractivity contribution in [2.45, 2.75) is 106 Å². The van der Waals surface area contributed by atoms with Gasteiger partial charge in [0.15, 0.2) is 5.79 Å². The Balaban J connectivity index is 1.36. The lowest BCUT2D eigenvalue weighted by Gasteiger charge is -2.44. The Morgan fingerprint density at radius 3 is 2.57 bits per heavy atom. The van der Waals surface area contributed by atoms with Gasteiger partial charge in [0.05, 0.1) is 30.0 Å². The van der Waals surface area contributed by atoms with Crippen molar-refractivity contribution in [2.24, 2.45) is 0 Å². The first-order chi connectivity index (χ1) is 11.2. The second-order valence-electron chi connectivity index (χ2n) is 8.18. The third kappa shape index (κ3) is 2.31. The molecule has 2 spiro atoms. The van der Waals surface area contributed by atoms with Crippen LogP contribution in [0.25, 0.3) is 0 Å². The number of hydrogen-bond acceptors (Lipinski definition) is 5. The number of aliphatic hydroxyl groups is 1. The molecule has 130 valence electrons. The van der Waals surface area contributed by atoms with Crippen LogP contribution in [-0.4, -0.2) is 53.6 Å². The fourth-order valence-electron chi connectivity index (χ4n) is 5.68. The molecule has 0 aromatic rings. The third-order valence-electron chi connectivity index (χ3n) is 6.69. The summed E-state index contributed by atoms with van der Waals surface area (Å²) in [6.45, 7) is 0.199. The maximum absolute atomic E-state index is 9.24. The minimum Gasteiger partial charge on any atom is -0.396 e. The van der Waals surface area contributed by atoms with E-state index in [1.54, 1.807) is 0 Å². The van der Waals surface area contributed by atoms with E-state index in [2.05, 4.69) is 0 Å². The van der Waals surface area contributed by atoms with E-state index in [0.717, 1.165) is 44.9 Å². The van der Waals surface area contributed by atoms with Gasteiger partial charge in [-0.25, -0.2) is 0 Å². The highest BCUT2D eigenvalue weighted by atomic mass is 16.8. The molecule has 3 heterocycles. The van der Waals surface area contributed by atoms with Crippen molar-refractivity contribution < 1.29 is 24.1 Å². The predicted octanol–water partition coefficient (Wildman–Crippen LogP) is 2.29. The van der Waals surface area contributed by atoms with Gasteiger partial charge in [-0.15, -0.1) is 0 Å². The second kappa shape index (κ2) is 5.40. The molecule has 5 nitrogen and oxygen atoms in total. The first-order valence-electron chi connectivity index (χ1n) is 9.52. The van der Waals surface area contributed by atoms with Crippen LogP contribution in [0.4, 0.5) is 0 Å². The van der Waals surface area contributed by atoms with Crippen molar-refractivity contribution in [1.29, 1.82) is 0 Å². The van der Waals surface area contributed by atoms with Crippen LogP contribution >= 0.6 is 0 Å². The molecule has 3 aliphatic heterocycles. The zero-order valence-electron chi connectivity index (χ0n) is 13.7. The Hall–Kier alpha value is -0.200. The minimum atomic E-state index is -0.341. The third-order valence-corrected chi connectivity index (χ3v) is 6.69. The minimum absolute atomic E-state index is 0.0872. The van der Waals surface area contributed by atoms with Crippen LogP contribution in [0, 0.1) is 0 Å². The summed E-state index contributed by atoms with van der Waals surface area (Å²) in [5.41, 5.74) is -0.201. The molecule has 5 fully saturated rings. The molecule has 2 aliphatic carbocycles. The van der Waals surface area contributed by atoms with E-state index in [1.807, 2.05) is 0 Å². The van der Waals surface area contributed by atoms with Gasteiger partial charge in [0.25, 0.3) is 0 Å². The van der Waals surface area contributed by atoms with Crippen LogP contribution < -0.4 is 0 Å². The number of hydrogen-bond donors (Lipinski definition) is 1. The molecule has 3 saturated heterocycles. The largest absolute Gasteiger partial charge is 0.396 e. The molecule has 2 saturated carbocycles. The van der Waals surface area contributed by atoms with Gasteiger partial charge in [0, 0.05) is 32.3 Å². The van der Waals surface area contributed by atoms with Crippen LogP contribution in [-0.2, 0) is 18.9 Å². The smallest absolute Gasteiger partial charge is 0.169 e. The highest BCUT2D eigenvalue weighted by Crippen LogP contribution is 2.55. The van der Waals surface area contributed by atoms with Gasteiger partial charge in [-0.3, -0.25) is 0 Å². The topological polar surface area (TPSA) is 57.2 Å². The quantitative estimate of drug-likeness (QED) is 0.844. The van der Waals surface area contributed by atoms with Crippen molar-refractivity contribution in [1.82, 2.24) is 0 Å². The van der Waals surface area contributed by atoms with E-state index >= 15 is 0 Å². The molecule has 0 aromatic heterocycles. The maximum Gasteiger partial charge on any atom is 0.169 e. The first kappa shape index (κ1) is 15.1. The lowest BCUT2D eigenvalue weighted by Crippen LogP contribution is -2.53. The van der Waals surface area contributed by atoms with Gasteiger partial charge in [0.2, 0.25) is 0 Å². The fraction of sp³-hybridized carbons (Fsp3) is 1.00. The van der Waals surface area contributed by atoms with Gasteiger partial charge < -0.3 is 24.1 Å². The lowest BCUT2D eigenvalue weighted by atomic mass is 9.76. The summed E-state index contributed by atoms with van der Waals surface area (Å²) in [6.07, 6.45) is 11.0. The summed E-state index contributed by atoms with van der Waals surface area (Å²) in [5, 5.41) is 9.24. The molecule has 2 bridgehead atoms. The summed E-state index contributed by atoms with van der Waals surface area (Å²) in [4.78, 5) is 0. The number of fused-ring (bicyclic) bond motifs is 3. The van der Waals surface area contributed by atoms with Crippen molar-refractivity contribution in [3.8, 4) is 0 Å². The Labute approximate surface area is 137 Å². The zero-order chi connectivity index (χ0) is 15.5. The van der Waals surface area contributed by atoms with E-state index in [9.17, 15) is 5.11 Å². The van der Waals surface area contributed by atoms with E-state index in [-0.39, 0.29) is 48.5 Å². The first-order valence-corrected chi connectivity index (χ1v) is 9.52. The van der Waals surface area contributed by atoms with Gasteiger partial charge in [-0.2, -0.15) is 0 Å². The predicted molar refractivity (Wildman–Crippen MR) is 82.0 cm³/mol. The molecule has 0 radical (unpaired) electrons. The molecule has 5 heteroatoms. The van der Waals surface area contributed by atoms with Crippen LogP contribution in [0.5, 0.6) is 0 Å². The molecular formula is C18H28O5. The Kier molecular flexibility index (Phi) is 3.54. The van der Waals surface area contributed by atoms with Crippen molar-refractivity contribution in [3.63, 3.8) is 0 Å². The average molecular weight is 324 g/mol. The standard InChI is InChI=1S/C18H28O5/c19-9-6-12-4-5-15-17(21-12)10-13(20-15)16-14(11-17)22-18(23-16)7-2-1-3-8-18/h12-16,19H,1-11H2/t12-,13-,14-,15+,16?,17-/m1/s1. The average Bonchev–Trinajstić information content (AvgIpc) is 3.04. The van der Waals surface area contributed by atoms with Gasteiger partial charge in [-0.1, -0.05) is 6.42 Å². The Morgan fingerprint density at radius 2 is 1.74 bits per heavy atom. The summed E-state index contributed by atoms with van der Waals surface area (Å²) in [7, 11) is 0. The molecule has 6 atom stereocenters. The van der Waals surface area contributed by atoms with Gasteiger partial charge >= 0.3 is 0 Å². The van der Waals surface area contributed by atoms with Crippen LogP contribution in [0.3, 0.4) is 0 Å². The van der Waals surface area contributed by atoms with E-state index in [4.69, 9.17) is 18.9 Å². The summed E-state index contributed by atoms with van der Waals surface area (Å²) in [6, 6.07) is 0. The number of rotatable bonds is 2. The molecule has 0 aromatic carbocycles. The SMILES string of the molecule is OCC[C@H]1CC[C@@H]2O[C@@H]3C[C@]2(C[C@H]2OC4(CCCCC4)OC32)O1. The summed E-state index contributed by atoms with van der Waals surface area (Å²) < 4.78 is 25.8. The number of aliphatic hydroxyl groups excluding tert-OH is 1. The van der Waals surface area contributed by atoms with Gasteiger partial charge in [0.1, 0.15) is 6.10 Å². The Bertz CT molecular complexity index is 462. The van der Waals surface area contributed by atoms with Crippen LogP contribution in [0.1, 0.15) is 64.2 Å². The molecule has 23 heavy (non-hydrogen) atoms. The number of ether oxygens (including phenoxy) is 4. The highest BCUT2D eigenvalue weighted by molar-refractivity contribution is 5.12. The second-order valence-corrected chi connectivity index (χ2v) is 8.18. The van der Waals surface area contributed by atoms with Crippen molar-refractivity contribution in [2.75, 3.05) is 6.61 Å². The lowest BCUT2D eigenvalue weighted by molar-refractivity contribution is -0.216. The zero-order valence-corrected chi connectivity index (χ0v) is 13.7. The molecule has 1 unspecified atom stereocenters. The Morgan fingerprint density at radius 1 is 0.913 bits per heavy atom. The normalized spacial score (nSPS) is 50.7. The maximum atomic E-state index is 9.24. The van der Waals surface area contributed by atoms with Crippen LogP contribution in [0.2, 0.25) is 0 Å². The van der Waals surface area contributed by atoms with E-state index in [1.165, 1.54) is 19.3 Å². The summed E-state index contributed by atoms with van der Waals surface area (Å²) >= 11 is 0. The highest BCUT2D eigenvalue weighted by Gasteiger charge is 2.65. The fourth-order valence-corrected chi connectivity index (χ4v) is 5.68. The molecule has 5 aliphatic rings. The van der Waals surface area contributed by atoms with Crippen molar-refractivity contribution >= 4 is 0 Å².